The van der Waals surface area contributed by atoms with Crippen molar-refractivity contribution in [2.75, 3.05) is 5.73 Å². The molecule has 2 saturated carbocycles. The van der Waals surface area contributed by atoms with Crippen LogP contribution in [0.2, 0.25) is 5.15 Å². The van der Waals surface area contributed by atoms with Crippen molar-refractivity contribution in [3.63, 3.8) is 0 Å². The molecule has 0 saturated heterocycles. The Labute approximate surface area is 132 Å². The molecular formula is C14H17ClN6O. The highest BCUT2D eigenvalue weighted by Gasteiger charge is 2.30. The predicted octanol–water partition coefficient (Wildman–Crippen LogP) is 1.67. The summed E-state index contributed by atoms with van der Waals surface area (Å²) in [4.78, 5) is 26.3. The van der Waals surface area contributed by atoms with Gasteiger partial charge >= 0.3 is 0 Å². The van der Waals surface area contributed by atoms with Crippen molar-refractivity contribution in [1.29, 1.82) is 0 Å². The highest BCUT2D eigenvalue weighted by Crippen LogP contribution is 2.39. The Kier molecular flexibility index (Phi) is 4.06. The number of carbonyl (C=O) groups is 1. The van der Waals surface area contributed by atoms with Crippen molar-refractivity contribution in [3.8, 4) is 0 Å². The van der Waals surface area contributed by atoms with Gasteiger partial charge in [-0.25, -0.2) is 15.0 Å². The van der Waals surface area contributed by atoms with Gasteiger partial charge in [0.15, 0.2) is 0 Å². The van der Waals surface area contributed by atoms with Crippen molar-refractivity contribution in [1.82, 2.24) is 9.97 Å². The number of carbonyl (C=O) groups excluding carboxylic acids is 1. The van der Waals surface area contributed by atoms with Gasteiger partial charge in [0.25, 0.3) is 5.91 Å². The Morgan fingerprint density at radius 1 is 1.05 bits per heavy atom. The Bertz CT molecular complexity index is 643. The lowest BCUT2D eigenvalue weighted by atomic mass is 10.1. The fourth-order valence-corrected chi connectivity index (χ4v) is 2.43. The van der Waals surface area contributed by atoms with E-state index in [0.717, 1.165) is 24.2 Å². The minimum atomic E-state index is -0.153. The monoisotopic (exact) mass is 320 g/mol. The SMILES string of the molecule is NC1=NC(=O)CC(C2CC2)=N1.Nc1nc(Cl)cc(C2CC2)n1. The molecule has 3 aliphatic rings. The molecule has 0 unspecified atom stereocenters. The minimum Gasteiger partial charge on any atom is -0.368 e. The molecule has 1 aromatic heterocycles. The van der Waals surface area contributed by atoms with Gasteiger partial charge in [0.2, 0.25) is 11.9 Å². The van der Waals surface area contributed by atoms with Crippen molar-refractivity contribution >= 4 is 35.1 Å². The molecule has 0 radical (unpaired) electrons. The van der Waals surface area contributed by atoms with Crippen molar-refractivity contribution in [3.05, 3.63) is 16.9 Å². The van der Waals surface area contributed by atoms with Gasteiger partial charge in [0.1, 0.15) is 5.15 Å². The first-order chi connectivity index (χ1) is 10.5. The van der Waals surface area contributed by atoms with E-state index in [2.05, 4.69) is 20.0 Å². The van der Waals surface area contributed by atoms with Gasteiger partial charge in [-0.1, -0.05) is 11.6 Å². The molecule has 1 aromatic rings. The zero-order valence-corrected chi connectivity index (χ0v) is 12.8. The Hall–Kier alpha value is -2.02. The summed E-state index contributed by atoms with van der Waals surface area (Å²) < 4.78 is 0. The van der Waals surface area contributed by atoms with E-state index in [9.17, 15) is 4.79 Å². The number of rotatable bonds is 2. The first-order valence-electron chi connectivity index (χ1n) is 7.25. The fourth-order valence-electron chi connectivity index (χ4n) is 2.23. The summed E-state index contributed by atoms with van der Waals surface area (Å²) in [6.07, 6.45) is 5.09. The normalized spacial score (nSPS) is 20.7. The molecule has 0 bridgehead atoms. The molecule has 0 spiro atoms. The molecule has 0 aromatic carbocycles. The zero-order valence-electron chi connectivity index (χ0n) is 12.0. The quantitative estimate of drug-likeness (QED) is 0.803. The Morgan fingerprint density at radius 3 is 2.27 bits per heavy atom. The van der Waals surface area contributed by atoms with E-state index in [1.807, 2.05) is 0 Å². The topological polar surface area (TPSA) is 120 Å². The fraction of sp³-hybridized carbons (Fsp3) is 0.500. The third kappa shape index (κ3) is 4.00. The highest BCUT2D eigenvalue weighted by molar-refractivity contribution is 6.29. The first kappa shape index (κ1) is 14.9. The maximum Gasteiger partial charge on any atom is 0.254 e. The maximum absolute atomic E-state index is 10.9. The van der Waals surface area contributed by atoms with Gasteiger partial charge in [0, 0.05) is 11.6 Å². The lowest BCUT2D eigenvalue weighted by molar-refractivity contribution is -0.116. The van der Waals surface area contributed by atoms with Crippen molar-refractivity contribution in [2.24, 2.45) is 21.6 Å². The Balaban J connectivity index is 0.000000131. The standard InChI is InChI=1S/C7H8ClN3.C7H9N3O/c8-6-3-5(4-1-2-4)10-7(9)11-6;8-7-9-5(4-1-2-4)3-6(11)10-7/h3-4H,1-2H2,(H2,9,10,11);4H,1-3H2,(H2,8,10,11). The van der Waals surface area contributed by atoms with Crippen LogP contribution in [-0.2, 0) is 4.79 Å². The first-order valence-corrected chi connectivity index (χ1v) is 7.63. The molecule has 2 fully saturated rings. The largest absolute Gasteiger partial charge is 0.368 e. The summed E-state index contributed by atoms with van der Waals surface area (Å²) in [7, 11) is 0. The highest BCUT2D eigenvalue weighted by atomic mass is 35.5. The van der Waals surface area contributed by atoms with E-state index < -0.39 is 0 Å². The van der Waals surface area contributed by atoms with Crippen LogP contribution in [0.5, 0.6) is 0 Å². The second kappa shape index (κ2) is 6.00. The zero-order chi connectivity index (χ0) is 15.7. The van der Waals surface area contributed by atoms with Crippen LogP contribution in [0, 0.1) is 5.92 Å². The third-order valence-corrected chi connectivity index (χ3v) is 3.80. The number of guanidine groups is 1. The van der Waals surface area contributed by atoms with Crippen LogP contribution in [0.3, 0.4) is 0 Å². The Morgan fingerprint density at radius 2 is 1.73 bits per heavy atom. The lowest BCUT2D eigenvalue weighted by Crippen LogP contribution is -2.22. The summed E-state index contributed by atoms with van der Waals surface area (Å²) in [6.45, 7) is 0. The van der Waals surface area contributed by atoms with Crippen LogP contribution in [0.4, 0.5) is 5.95 Å². The van der Waals surface area contributed by atoms with Gasteiger partial charge in [-0.3, -0.25) is 4.79 Å². The number of nitrogens with two attached hydrogens (primary N) is 2. The molecule has 8 heteroatoms. The van der Waals surface area contributed by atoms with Crippen LogP contribution in [0.1, 0.15) is 43.7 Å². The molecule has 1 aliphatic heterocycles. The summed E-state index contributed by atoms with van der Waals surface area (Å²) in [5, 5.41) is 0.444. The van der Waals surface area contributed by atoms with Crippen LogP contribution in [0.25, 0.3) is 0 Å². The van der Waals surface area contributed by atoms with Gasteiger partial charge in [-0.15, -0.1) is 0 Å². The average molecular weight is 321 g/mol. The van der Waals surface area contributed by atoms with Crippen LogP contribution in [0.15, 0.2) is 16.1 Å². The summed E-state index contributed by atoms with van der Waals surface area (Å²) in [6, 6.07) is 1.79. The number of hydrogen-bond acceptors (Lipinski definition) is 6. The minimum absolute atomic E-state index is 0.128. The van der Waals surface area contributed by atoms with E-state index in [1.54, 1.807) is 6.07 Å². The number of aliphatic imine (C=N–C) groups is 2. The maximum atomic E-state index is 10.9. The van der Waals surface area contributed by atoms with Crippen LogP contribution < -0.4 is 11.5 Å². The third-order valence-electron chi connectivity index (χ3n) is 3.61. The molecule has 2 heterocycles. The number of hydrogen-bond donors (Lipinski definition) is 2. The molecular weight excluding hydrogens is 304 g/mol. The molecule has 0 atom stereocenters. The summed E-state index contributed by atoms with van der Waals surface area (Å²) in [5.74, 6) is 1.35. The molecule has 22 heavy (non-hydrogen) atoms. The van der Waals surface area contributed by atoms with Gasteiger partial charge < -0.3 is 11.5 Å². The number of nitrogens with zero attached hydrogens (tertiary/aromatic N) is 4. The van der Waals surface area contributed by atoms with E-state index in [0.29, 0.717) is 23.4 Å². The molecule has 7 nitrogen and oxygen atoms in total. The predicted molar refractivity (Wildman–Crippen MR) is 84.8 cm³/mol. The second-order valence-electron chi connectivity index (χ2n) is 5.67. The molecule has 2 aliphatic carbocycles. The van der Waals surface area contributed by atoms with Gasteiger partial charge in [-0.2, -0.15) is 4.99 Å². The van der Waals surface area contributed by atoms with E-state index in [-0.39, 0.29) is 17.8 Å². The number of amides is 1. The number of nitrogen functional groups attached to an aromatic ring is 1. The lowest BCUT2D eigenvalue weighted by Gasteiger charge is -2.06. The van der Waals surface area contributed by atoms with Crippen molar-refractivity contribution < 1.29 is 4.79 Å². The smallest absolute Gasteiger partial charge is 0.254 e. The van der Waals surface area contributed by atoms with Crippen LogP contribution in [-0.4, -0.2) is 27.5 Å². The van der Waals surface area contributed by atoms with E-state index >= 15 is 0 Å². The molecule has 4 N–H and O–H groups in total. The number of anilines is 1. The molecule has 4 rings (SSSR count). The van der Waals surface area contributed by atoms with E-state index in [1.165, 1.54) is 12.8 Å². The van der Waals surface area contributed by atoms with Crippen LogP contribution >= 0.6 is 11.6 Å². The molecule has 116 valence electrons. The van der Waals surface area contributed by atoms with Gasteiger partial charge in [0.05, 0.1) is 12.1 Å². The van der Waals surface area contributed by atoms with Crippen molar-refractivity contribution in [2.45, 2.75) is 38.0 Å². The van der Waals surface area contributed by atoms with Gasteiger partial charge in [-0.05, 0) is 37.7 Å². The second-order valence-corrected chi connectivity index (χ2v) is 6.05. The number of halogens is 1. The molecule has 1 amide bonds. The average Bonchev–Trinajstić information content (AvgIpc) is 3.29. The number of aromatic nitrogens is 2. The van der Waals surface area contributed by atoms with E-state index in [4.69, 9.17) is 23.1 Å². The summed E-state index contributed by atoms with van der Waals surface area (Å²) >= 11 is 5.69. The summed E-state index contributed by atoms with van der Waals surface area (Å²) in [5.41, 5.74) is 12.7.